The van der Waals surface area contributed by atoms with Gasteiger partial charge in [-0.1, -0.05) is 23.5 Å². The third-order valence-corrected chi connectivity index (χ3v) is 6.18. The van der Waals surface area contributed by atoms with Crippen LogP contribution in [0.2, 0.25) is 0 Å². The lowest BCUT2D eigenvalue weighted by molar-refractivity contribution is -0.254. The molecule has 3 rings (SSSR count). The molecule has 0 aromatic carbocycles. The average Bonchev–Trinajstić information content (AvgIpc) is 3.39. The Morgan fingerprint density at radius 2 is 1.11 bits per heavy atom. The normalized spacial score (nSPS) is 19.6. The van der Waals surface area contributed by atoms with Crippen molar-refractivity contribution in [2.45, 2.75) is 31.6 Å². The van der Waals surface area contributed by atoms with Crippen molar-refractivity contribution >= 4 is 57.4 Å². The number of thioether (sulfide) groups is 2. The summed E-state index contributed by atoms with van der Waals surface area (Å²) >= 11 is 2.15. The van der Waals surface area contributed by atoms with E-state index >= 15 is 17.6 Å². The number of hydrogen-bond acceptors (Lipinski definition) is 8. The summed E-state index contributed by atoms with van der Waals surface area (Å²) in [6.07, 6.45) is 5.20. The summed E-state index contributed by atoms with van der Waals surface area (Å²) in [5.41, 5.74) is 6.44. The van der Waals surface area contributed by atoms with Gasteiger partial charge in [-0.3, -0.25) is 0 Å². The van der Waals surface area contributed by atoms with E-state index in [4.69, 9.17) is 20.3 Å². The largest absolute Gasteiger partial charge is 0.460 e. The lowest BCUT2D eigenvalue weighted by Gasteiger charge is -2.25. The van der Waals surface area contributed by atoms with Crippen molar-refractivity contribution in [1.82, 2.24) is 0 Å². The molecule has 0 saturated carbocycles. The monoisotopic (exact) mass is 566 g/mol. The Bertz CT molecular complexity index is 1240. The Labute approximate surface area is 215 Å². The first kappa shape index (κ1) is 28.4. The molecule has 0 radical (unpaired) electrons. The van der Waals surface area contributed by atoms with Gasteiger partial charge in [-0.15, -0.1) is 10.2 Å². The maximum atomic E-state index is 15.1. The number of rotatable bonds is 6. The van der Waals surface area contributed by atoms with E-state index in [2.05, 4.69) is 20.4 Å². The summed E-state index contributed by atoms with van der Waals surface area (Å²) in [5, 5.41) is 14.5. The number of allylic oxidation sites excluding steroid dienone is 2. The summed E-state index contributed by atoms with van der Waals surface area (Å²) in [5.74, 6) is -17.4. The lowest BCUT2D eigenvalue weighted by atomic mass is 9.95. The minimum absolute atomic E-state index is 0.0722. The van der Waals surface area contributed by atoms with E-state index in [0.29, 0.717) is 0 Å². The van der Waals surface area contributed by atoms with E-state index in [9.17, 15) is 8.78 Å². The molecule has 0 unspecified atom stereocenters. The summed E-state index contributed by atoms with van der Waals surface area (Å²) < 4.78 is 100. The molecule has 2 heterocycles. The van der Waals surface area contributed by atoms with Gasteiger partial charge in [0.25, 0.3) is 0 Å². The van der Waals surface area contributed by atoms with Crippen molar-refractivity contribution in [2.75, 3.05) is 12.5 Å². The van der Waals surface area contributed by atoms with Gasteiger partial charge in [-0.05, 0) is 38.5 Å². The van der Waals surface area contributed by atoms with E-state index in [0.717, 1.165) is 61.9 Å². The molecule has 2 aromatic heterocycles. The number of aryl methyl sites for hydroxylation is 2. The lowest BCUT2D eigenvalue weighted by Crippen LogP contribution is -2.48. The molecule has 8 nitrogen and oxygen atoms in total. The highest BCUT2D eigenvalue weighted by Gasteiger charge is 2.80. The van der Waals surface area contributed by atoms with Gasteiger partial charge in [-0.2, -0.15) is 36.5 Å². The first-order valence-electron chi connectivity index (χ1n) is 10.1. The first-order chi connectivity index (χ1) is 17.2. The Balaban J connectivity index is 2.22. The molecule has 0 bridgehead atoms. The number of nitrogens with two attached hydrogens (primary N) is 2. The predicted octanol–water partition coefficient (Wildman–Crippen LogP) is 5.34. The maximum Gasteiger partial charge on any atom is 0.380 e. The molecule has 0 atom stereocenters. The first-order valence-corrected chi connectivity index (χ1v) is 12.5. The molecule has 0 spiro atoms. The third kappa shape index (κ3) is 5.03. The van der Waals surface area contributed by atoms with Gasteiger partial charge >= 0.3 is 17.8 Å². The van der Waals surface area contributed by atoms with Crippen molar-refractivity contribution in [3.05, 3.63) is 46.3 Å². The SMILES string of the molecule is CS/C(N)=N/N=C/c1cc(C2=C(c3cc(/C=N/N=C(\N)SC)oc3C)C(F)(F)C(F)(F)C2(F)F)c(C)o1. The van der Waals surface area contributed by atoms with Crippen LogP contribution in [-0.2, 0) is 0 Å². The fraction of sp³-hybridized carbons (Fsp3) is 0.333. The number of nitrogens with zero attached hydrogens (tertiary/aromatic N) is 4. The van der Waals surface area contributed by atoms with Crippen LogP contribution in [0.25, 0.3) is 11.1 Å². The van der Waals surface area contributed by atoms with Crippen molar-refractivity contribution in [3.63, 3.8) is 0 Å². The van der Waals surface area contributed by atoms with Crippen molar-refractivity contribution in [2.24, 2.45) is 31.9 Å². The van der Waals surface area contributed by atoms with Gasteiger partial charge in [0.05, 0.1) is 12.4 Å². The summed E-state index contributed by atoms with van der Waals surface area (Å²) in [6.45, 7) is 2.33. The molecular weight excluding hydrogens is 546 g/mol. The van der Waals surface area contributed by atoms with E-state index in [1.807, 2.05) is 0 Å². The topological polar surface area (TPSA) is 128 Å². The fourth-order valence-electron chi connectivity index (χ4n) is 3.43. The van der Waals surface area contributed by atoms with Gasteiger partial charge in [0, 0.05) is 22.3 Å². The Hall–Kier alpha value is -3.14. The molecule has 0 aliphatic heterocycles. The Morgan fingerprint density at radius 1 is 0.757 bits per heavy atom. The van der Waals surface area contributed by atoms with Crippen LogP contribution in [-0.4, -0.2) is 53.0 Å². The van der Waals surface area contributed by atoms with E-state index < -0.39 is 40.0 Å². The average molecular weight is 567 g/mol. The van der Waals surface area contributed by atoms with Gasteiger partial charge < -0.3 is 20.3 Å². The van der Waals surface area contributed by atoms with Crippen LogP contribution in [0.5, 0.6) is 0 Å². The number of furan rings is 2. The Morgan fingerprint density at radius 3 is 1.43 bits per heavy atom. The van der Waals surface area contributed by atoms with E-state index in [-0.39, 0.29) is 33.4 Å². The van der Waals surface area contributed by atoms with Crippen LogP contribution in [0.4, 0.5) is 26.3 Å². The van der Waals surface area contributed by atoms with Crippen LogP contribution in [0, 0.1) is 13.8 Å². The maximum absolute atomic E-state index is 15.1. The summed E-state index contributed by atoms with van der Waals surface area (Å²) in [6, 6.07) is 1.78. The minimum Gasteiger partial charge on any atom is -0.460 e. The van der Waals surface area contributed by atoms with Gasteiger partial charge in [-0.25, -0.2) is 0 Å². The molecule has 0 fully saturated rings. The van der Waals surface area contributed by atoms with Crippen LogP contribution in [0.15, 0.2) is 41.4 Å². The molecule has 4 N–H and O–H groups in total. The molecule has 16 heteroatoms. The second kappa shape index (κ2) is 10.3. The highest BCUT2D eigenvalue weighted by Crippen LogP contribution is 2.65. The molecule has 200 valence electrons. The highest BCUT2D eigenvalue weighted by molar-refractivity contribution is 8.13. The summed E-state index contributed by atoms with van der Waals surface area (Å²) in [7, 11) is 0. The van der Waals surface area contributed by atoms with Crippen molar-refractivity contribution in [3.8, 4) is 0 Å². The quantitative estimate of drug-likeness (QED) is 0.210. The molecule has 1 aliphatic rings. The zero-order valence-corrected chi connectivity index (χ0v) is 21.3. The van der Waals surface area contributed by atoms with Crippen molar-refractivity contribution < 1.29 is 35.2 Å². The number of halogens is 6. The molecule has 0 amide bonds. The van der Waals surface area contributed by atoms with Gasteiger partial charge in [0.2, 0.25) is 0 Å². The number of amidine groups is 2. The smallest absolute Gasteiger partial charge is 0.380 e. The van der Waals surface area contributed by atoms with Crippen LogP contribution in [0.1, 0.15) is 34.2 Å². The van der Waals surface area contributed by atoms with E-state index in [1.54, 1.807) is 12.5 Å². The van der Waals surface area contributed by atoms with Crippen molar-refractivity contribution in [1.29, 1.82) is 0 Å². The second-order valence-corrected chi connectivity index (χ2v) is 9.14. The minimum atomic E-state index is -5.76. The predicted molar refractivity (Wildman–Crippen MR) is 134 cm³/mol. The van der Waals surface area contributed by atoms with Crippen LogP contribution in [0.3, 0.4) is 0 Å². The molecular formula is C21H20F6N6O2S2. The fourth-order valence-corrected chi connectivity index (χ4v) is 3.69. The van der Waals surface area contributed by atoms with Crippen LogP contribution < -0.4 is 11.5 Å². The summed E-state index contributed by atoms with van der Waals surface area (Å²) in [4.78, 5) is 0. The highest BCUT2D eigenvalue weighted by atomic mass is 32.2. The van der Waals surface area contributed by atoms with Gasteiger partial charge in [0.15, 0.2) is 10.3 Å². The standard InChI is InChI=1S/C21H20F6N6O2S2/c1-9-13(5-11(34-9)7-30-32-17(28)36-3)15-16(20(24,25)21(26,27)19(15,22)23)14-6-12(35-10(14)2)8-31-33-18(29)37-4/h5-8H,1-4H3,(H2,28,32)(H2,29,33)/b30-7+,31-8+. The number of alkyl halides is 6. The van der Waals surface area contributed by atoms with E-state index in [1.165, 1.54) is 0 Å². The zero-order chi connectivity index (χ0) is 27.8. The molecule has 37 heavy (non-hydrogen) atoms. The van der Waals surface area contributed by atoms with Gasteiger partial charge in [0.1, 0.15) is 23.0 Å². The van der Waals surface area contributed by atoms with Crippen LogP contribution >= 0.6 is 23.5 Å². The second-order valence-electron chi connectivity index (χ2n) is 7.48. The third-order valence-electron chi connectivity index (χ3n) is 5.18. The zero-order valence-electron chi connectivity index (χ0n) is 19.7. The molecule has 1 aliphatic carbocycles. The number of hydrogen-bond donors (Lipinski definition) is 2. The Kier molecular flexibility index (Phi) is 7.93. The molecule has 2 aromatic rings. The molecule has 0 saturated heterocycles.